The lowest BCUT2D eigenvalue weighted by Gasteiger charge is -2.04. The van der Waals surface area contributed by atoms with Gasteiger partial charge in [0, 0.05) is 0 Å². The Balaban J connectivity index is 1.98. The number of hydrogen-bond donors (Lipinski definition) is 1. The smallest absolute Gasteiger partial charge is 0.338 e. The van der Waals surface area contributed by atoms with E-state index in [1.54, 1.807) is 35.3 Å². The largest absolute Gasteiger partial charge is 0.452 e. The molecule has 0 unspecified atom stereocenters. The number of carbonyl (C=O) groups excluding carboxylic acids is 2. The summed E-state index contributed by atoms with van der Waals surface area (Å²) in [6, 6.07) is 6.80. The average molecular weight is 260 g/mol. The monoisotopic (exact) mass is 260 g/mol. The second-order valence-electron chi connectivity index (χ2n) is 3.83. The molecule has 2 rings (SSSR count). The first kappa shape index (κ1) is 12.7. The highest BCUT2D eigenvalue weighted by Gasteiger charge is 2.08. The van der Waals surface area contributed by atoms with Gasteiger partial charge in [-0.15, -0.1) is 0 Å². The van der Waals surface area contributed by atoms with E-state index < -0.39 is 18.5 Å². The standard InChI is InChI=1S/C12H12N4O3/c13-11(17)6-19-12(18)10-3-1-9(2-4-10)5-16-8-14-7-15-16/h1-4,7-8H,5-6H2,(H2,13,17). The third-order valence-electron chi connectivity index (χ3n) is 2.35. The van der Waals surface area contributed by atoms with Crippen LogP contribution in [0.5, 0.6) is 0 Å². The van der Waals surface area contributed by atoms with Crippen LogP contribution in [0, 0.1) is 0 Å². The van der Waals surface area contributed by atoms with E-state index in [-0.39, 0.29) is 0 Å². The Morgan fingerprint density at radius 1 is 1.26 bits per heavy atom. The second-order valence-corrected chi connectivity index (χ2v) is 3.83. The lowest BCUT2D eigenvalue weighted by molar-refractivity contribution is -0.121. The molecule has 2 aromatic rings. The highest BCUT2D eigenvalue weighted by atomic mass is 16.5. The van der Waals surface area contributed by atoms with Gasteiger partial charge in [0.25, 0.3) is 5.91 Å². The lowest BCUT2D eigenvalue weighted by Crippen LogP contribution is -2.20. The van der Waals surface area contributed by atoms with Crippen molar-refractivity contribution in [3.05, 3.63) is 48.0 Å². The molecular weight excluding hydrogens is 248 g/mol. The molecule has 0 aliphatic carbocycles. The van der Waals surface area contributed by atoms with Gasteiger partial charge in [-0.25, -0.2) is 14.5 Å². The number of carbonyl (C=O) groups is 2. The topological polar surface area (TPSA) is 100 Å². The normalized spacial score (nSPS) is 10.1. The van der Waals surface area contributed by atoms with Crippen molar-refractivity contribution >= 4 is 11.9 Å². The van der Waals surface area contributed by atoms with Crippen molar-refractivity contribution in [3.63, 3.8) is 0 Å². The molecule has 98 valence electrons. The number of primary amides is 1. The van der Waals surface area contributed by atoms with Crippen LogP contribution < -0.4 is 5.73 Å². The molecule has 0 atom stereocenters. The zero-order valence-electron chi connectivity index (χ0n) is 10.0. The zero-order chi connectivity index (χ0) is 13.7. The minimum Gasteiger partial charge on any atom is -0.452 e. The summed E-state index contributed by atoms with van der Waals surface area (Å²) in [5.74, 6) is -1.26. The van der Waals surface area contributed by atoms with E-state index in [0.717, 1.165) is 5.56 Å². The number of aromatic nitrogens is 3. The SMILES string of the molecule is NC(=O)COC(=O)c1ccc(Cn2cncn2)cc1. The van der Waals surface area contributed by atoms with Gasteiger partial charge in [-0.05, 0) is 17.7 Å². The van der Waals surface area contributed by atoms with E-state index in [9.17, 15) is 9.59 Å². The van der Waals surface area contributed by atoms with E-state index in [0.29, 0.717) is 12.1 Å². The number of rotatable bonds is 5. The number of nitrogens with two attached hydrogens (primary N) is 1. The number of amides is 1. The van der Waals surface area contributed by atoms with Crippen LogP contribution in [0.4, 0.5) is 0 Å². The first-order chi connectivity index (χ1) is 9.15. The van der Waals surface area contributed by atoms with Gasteiger partial charge in [0.15, 0.2) is 6.61 Å². The number of benzene rings is 1. The second kappa shape index (κ2) is 5.76. The predicted octanol–water partition coefficient (Wildman–Crippen LogP) is -0.0315. The van der Waals surface area contributed by atoms with Crippen LogP contribution >= 0.6 is 0 Å². The molecule has 0 fully saturated rings. The van der Waals surface area contributed by atoms with E-state index in [4.69, 9.17) is 10.5 Å². The Morgan fingerprint density at radius 3 is 2.58 bits per heavy atom. The fraction of sp³-hybridized carbons (Fsp3) is 0.167. The third-order valence-corrected chi connectivity index (χ3v) is 2.35. The van der Waals surface area contributed by atoms with Crippen molar-refractivity contribution in [1.29, 1.82) is 0 Å². The van der Waals surface area contributed by atoms with Crippen molar-refractivity contribution in [2.24, 2.45) is 5.73 Å². The van der Waals surface area contributed by atoms with E-state index >= 15 is 0 Å². The summed E-state index contributed by atoms with van der Waals surface area (Å²) in [5.41, 5.74) is 6.22. The van der Waals surface area contributed by atoms with Gasteiger partial charge in [0.05, 0.1) is 12.1 Å². The maximum absolute atomic E-state index is 11.5. The van der Waals surface area contributed by atoms with E-state index in [2.05, 4.69) is 10.1 Å². The maximum atomic E-state index is 11.5. The molecule has 1 heterocycles. The molecule has 19 heavy (non-hydrogen) atoms. The van der Waals surface area contributed by atoms with Crippen LogP contribution in [0.15, 0.2) is 36.9 Å². The summed E-state index contributed by atoms with van der Waals surface area (Å²) in [7, 11) is 0. The van der Waals surface area contributed by atoms with Gasteiger partial charge in [0.2, 0.25) is 0 Å². The maximum Gasteiger partial charge on any atom is 0.338 e. The molecule has 7 nitrogen and oxygen atoms in total. The highest BCUT2D eigenvalue weighted by molar-refractivity contribution is 5.91. The summed E-state index contributed by atoms with van der Waals surface area (Å²) < 4.78 is 6.36. The average Bonchev–Trinajstić information content (AvgIpc) is 2.89. The van der Waals surface area contributed by atoms with Crippen LogP contribution in [0.2, 0.25) is 0 Å². The van der Waals surface area contributed by atoms with Gasteiger partial charge >= 0.3 is 5.97 Å². The van der Waals surface area contributed by atoms with Gasteiger partial charge < -0.3 is 10.5 Å². The Hall–Kier alpha value is -2.70. The van der Waals surface area contributed by atoms with Crippen molar-refractivity contribution in [3.8, 4) is 0 Å². The summed E-state index contributed by atoms with van der Waals surface area (Å²) in [4.78, 5) is 25.9. The molecule has 2 N–H and O–H groups in total. The number of hydrogen-bond acceptors (Lipinski definition) is 5. The molecule has 0 bridgehead atoms. The fourth-order valence-corrected chi connectivity index (χ4v) is 1.47. The third kappa shape index (κ3) is 3.63. The van der Waals surface area contributed by atoms with Crippen molar-refractivity contribution in [2.45, 2.75) is 6.54 Å². The summed E-state index contributed by atoms with van der Waals surface area (Å²) in [6.07, 6.45) is 3.06. The Morgan fingerprint density at radius 2 is 2.00 bits per heavy atom. The first-order valence-corrected chi connectivity index (χ1v) is 5.52. The van der Waals surface area contributed by atoms with Gasteiger partial charge in [-0.1, -0.05) is 12.1 Å². The fourth-order valence-electron chi connectivity index (χ4n) is 1.47. The number of esters is 1. The Kier molecular flexibility index (Phi) is 3.87. The summed E-state index contributed by atoms with van der Waals surface area (Å²) >= 11 is 0. The van der Waals surface area contributed by atoms with E-state index in [1.165, 1.54) is 6.33 Å². The summed E-state index contributed by atoms with van der Waals surface area (Å²) in [6.45, 7) is 0.149. The number of ether oxygens (including phenoxy) is 1. The summed E-state index contributed by atoms with van der Waals surface area (Å²) in [5, 5.41) is 3.98. The predicted molar refractivity (Wildman–Crippen MR) is 65.0 cm³/mol. The van der Waals surface area contributed by atoms with Crippen LogP contribution in [0.3, 0.4) is 0 Å². The quantitative estimate of drug-likeness (QED) is 0.761. The van der Waals surface area contributed by atoms with Crippen LogP contribution in [0.1, 0.15) is 15.9 Å². The molecule has 1 aromatic carbocycles. The van der Waals surface area contributed by atoms with Crippen molar-refractivity contribution in [1.82, 2.24) is 14.8 Å². The molecule has 0 aliphatic heterocycles. The van der Waals surface area contributed by atoms with Gasteiger partial charge in [-0.3, -0.25) is 4.79 Å². The van der Waals surface area contributed by atoms with Crippen LogP contribution in [0.25, 0.3) is 0 Å². The molecule has 1 amide bonds. The molecular formula is C12H12N4O3. The van der Waals surface area contributed by atoms with Crippen molar-refractivity contribution < 1.29 is 14.3 Å². The molecule has 0 radical (unpaired) electrons. The lowest BCUT2D eigenvalue weighted by atomic mass is 10.1. The van der Waals surface area contributed by atoms with Crippen LogP contribution in [-0.2, 0) is 16.1 Å². The molecule has 0 aliphatic rings. The molecule has 1 aromatic heterocycles. The van der Waals surface area contributed by atoms with Crippen LogP contribution in [-0.4, -0.2) is 33.2 Å². The zero-order valence-corrected chi connectivity index (χ0v) is 10.0. The minimum atomic E-state index is -0.684. The van der Waals surface area contributed by atoms with E-state index in [1.807, 2.05) is 0 Å². The molecule has 0 spiro atoms. The highest BCUT2D eigenvalue weighted by Crippen LogP contribution is 2.07. The van der Waals surface area contributed by atoms with Crippen molar-refractivity contribution in [2.75, 3.05) is 6.61 Å². The molecule has 0 saturated carbocycles. The molecule has 7 heteroatoms. The Bertz CT molecular complexity index is 563. The Labute approximate surface area is 109 Å². The minimum absolute atomic E-state index is 0.364. The molecule has 0 saturated heterocycles. The van der Waals surface area contributed by atoms with Gasteiger partial charge in [-0.2, -0.15) is 5.10 Å². The van der Waals surface area contributed by atoms with Gasteiger partial charge in [0.1, 0.15) is 12.7 Å². The first-order valence-electron chi connectivity index (χ1n) is 5.52. The number of nitrogens with zero attached hydrogens (tertiary/aromatic N) is 3.